The summed E-state index contributed by atoms with van der Waals surface area (Å²) in [7, 11) is 1.67. The van der Waals surface area contributed by atoms with Crippen LogP contribution in [0.15, 0.2) is 40.7 Å². The summed E-state index contributed by atoms with van der Waals surface area (Å²) in [5.41, 5.74) is 0.577. The van der Waals surface area contributed by atoms with Gasteiger partial charge in [0.25, 0.3) is 11.8 Å². The van der Waals surface area contributed by atoms with E-state index in [2.05, 4.69) is 20.8 Å². The smallest absolute Gasteiger partial charge is 0.352 e. The molecule has 0 bridgehead atoms. The number of amides is 2. The molecule has 2 N–H and O–H groups in total. The second-order valence-electron chi connectivity index (χ2n) is 6.50. The molecule has 1 aromatic carbocycles. The molecule has 1 saturated heterocycles. The normalized spacial score (nSPS) is 20.6. The molecule has 2 atom stereocenters. The highest BCUT2D eigenvalue weighted by atomic mass is 32.2. The van der Waals surface area contributed by atoms with Crippen molar-refractivity contribution in [1.29, 1.82) is 0 Å². The maximum atomic E-state index is 13.3. The van der Waals surface area contributed by atoms with Gasteiger partial charge in [-0.2, -0.15) is 0 Å². The molecule has 13 heteroatoms. The average Bonchev–Trinajstić information content (AvgIpc) is 3.14. The Hall–Kier alpha value is -2.93. The second-order valence-corrected chi connectivity index (χ2v) is 8.55. The van der Waals surface area contributed by atoms with Crippen LogP contribution < -0.4 is 5.32 Å². The first-order chi connectivity index (χ1) is 14.4. The Labute approximate surface area is 177 Å². The molecule has 2 unspecified atom stereocenters. The van der Waals surface area contributed by atoms with Crippen LogP contribution in [-0.2, 0) is 16.6 Å². The number of benzene rings is 1. The van der Waals surface area contributed by atoms with Crippen LogP contribution in [-0.4, -0.2) is 70.9 Å². The fourth-order valence-electron chi connectivity index (χ4n) is 3.14. The Kier molecular flexibility index (Phi) is 5.47. The Morgan fingerprint density at radius 1 is 1.43 bits per heavy atom. The fraction of sp³-hybridized carbons (Fsp3) is 0.294. The van der Waals surface area contributed by atoms with E-state index in [0.29, 0.717) is 22.2 Å². The zero-order valence-electron chi connectivity index (χ0n) is 15.5. The molecule has 1 fully saturated rings. The molecule has 3 heterocycles. The molecule has 30 heavy (non-hydrogen) atoms. The van der Waals surface area contributed by atoms with Crippen molar-refractivity contribution in [2.45, 2.75) is 16.6 Å². The number of halogens is 1. The predicted octanol–water partition coefficient (Wildman–Crippen LogP) is 0.494. The molecule has 10 nitrogen and oxygen atoms in total. The molecule has 2 aliphatic rings. The molecule has 0 radical (unpaired) electrons. The molecule has 0 spiro atoms. The predicted molar refractivity (Wildman–Crippen MR) is 105 cm³/mol. The van der Waals surface area contributed by atoms with E-state index >= 15 is 0 Å². The summed E-state index contributed by atoms with van der Waals surface area (Å²) in [6.45, 7) is 0. The third kappa shape index (κ3) is 3.65. The van der Waals surface area contributed by atoms with Gasteiger partial charge in [0.05, 0.1) is 0 Å². The number of rotatable bonds is 6. The Morgan fingerprint density at radius 2 is 2.23 bits per heavy atom. The maximum Gasteiger partial charge on any atom is 0.352 e. The quantitative estimate of drug-likeness (QED) is 0.477. The summed E-state index contributed by atoms with van der Waals surface area (Å²) < 4.78 is 14.8. The number of aliphatic carboxylic acids is 1. The number of fused-ring (bicyclic) bond motifs is 1. The van der Waals surface area contributed by atoms with Gasteiger partial charge in [-0.1, -0.05) is 17.8 Å². The number of nitrogens with zero attached hydrogens (tertiary/aromatic N) is 5. The number of hydrogen-bond donors (Lipinski definition) is 2. The number of carboxylic acid groups (broad SMARTS) is 1. The lowest BCUT2D eigenvalue weighted by Gasteiger charge is -2.49. The minimum atomic E-state index is -1.21. The van der Waals surface area contributed by atoms with Crippen molar-refractivity contribution >= 4 is 41.3 Å². The highest BCUT2D eigenvalue weighted by Crippen LogP contribution is 2.41. The highest BCUT2D eigenvalue weighted by molar-refractivity contribution is 8.01. The largest absolute Gasteiger partial charge is 0.477 e. The van der Waals surface area contributed by atoms with Crippen molar-refractivity contribution in [3.63, 3.8) is 0 Å². The third-order valence-corrected chi connectivity index (χ3v) is 7.02. The molecule has 2 aliphatic heterocycles. The van der Waals surface area contributed by atoms with Gasteiger partial charge >= 0.3 is 5.97 Å². The molecule has 1 aromatic heterocycles. The molecular weight excluding hydrogens is 435 g/mol. The maximum absolute atomic E-state index is 13.3. The van der Waals surface area contributed by atoms with E-state index in [1.807, 2.05) is 0 Å². The average molecular weight is 450 g/mol. The van der Waals surface area contributed by atoms with E-state index in [-0.39, 0.29) is 11.3 Å². The second kappa shape index (κ2) is 8.07. The lowest BCUT2D eigenvalue weighted by Crippen LogP contribution is -2.70. The van der Waals surface area contributed by atoms with Gasteiger partial charge < -0.3 is 10.4 Å². The summed E-state index contributed by atoms with van der Waals surface area (Å²) in [5.74, 6) is -2.20. The minimum absolute atomic E-state index is 0.0809. The van der Waals surface area contributed by atoms with Crippen LogP contribution in [0, 0.1) is 5.82 Å². The lowest BCUT2D eigenvalue weighted by atomic mass is 10.0. The first-order valence-corrected chi connectivity index (χ1v) is 10.7. The number of carbonyl (C=O) groups is 3. The SMILES string of the molecule is Cn1nnnc1SCC1=C(C(=O)O)N2C(=O)C(NC(=O)c3cccc(F)c3)C2SC1. The Bertz CT molecular complexity index is 1070. The topological polar surface area (TPSA) is 130 Å². The number of aromatic nitrogens is 4. The van der Waals surface area contributed by atoms with E-state index in [0.717, 1.165) is 6.07 Å². The molecule has 0 aliphatic carbocycles. The third-order valence-electron chi connectivity index (χ3n) is 4.58. The molecule has 0 saturated carbocycles. The minimum Gasteiger partial charge on any atom is -0.477 e. The van der Waals surface area contributed by atoms with Crippen molar-refractivity contribution in [3.05, 3.63) is 46.9 Å². The number of carbonyl (C=O) groups excluding carboxylic acids is 2. The Balaban J connectivity index is 1.49. The summed E-state index contributed by atoms with van der Waals surface area (Å²) in [6, 6.07) is 4.24. The molecular formula is C17H15FN6O4S2. The number of thioether (sulfide) groups is 2. The van der Waals surface area contributed by atoms with Gasteiger partial charge in [0, 0.05) is 24.1 Å². The first kappa shape index (κ1) is 20.3. The molecule has 156 valence electrons. The Morgan fingerprint density at radius 3 is 2.90 bits per heavy atom. The van der Waals surface area contributed by atoms with Crippen molar-refractivity contribution in [2.75, 3.05) is 11.5 Å². The van der Waals surface area contributed by atoms with Crippen LogP contribution in [0.5, 0.6) is 0 Å². The van der Waals surface area contributed by atoms with Crippen LogP contribution in [0.4, 0.5) is 4.39 Å². The van der Waals surface area contributed by atoms with E-state index in [9.17, 15) is 23.9 Å². The monoisotopic (exact) mass is 450 g/mol. The number of β-lactam (4-membered cyclic amide) rings is 1. The van der Waals surface area contributed by atoms with Crippen LogP contribution in [0.2, 0.25) is 0 Å². The van der Waals surface area contributed by atoms with E-state index in [1.54, 1.807) is 7.05 Å². The van der Waals surface area contributed by atoms with Gasteiger partial charge in [0.1, 0.15) is 22.9 Å². The van der Waals surface area contributed by atoms with Crippen molar-refractivity contribution in [3.8, 4) is 0 Å². The fourth-order valence-corrected chi connectivity index (χ4v) is 5.48. The van der Waals surface area contributed by atoms with Crippen molar-refractivity contribution < 1.29 is 23.9 Å². The highest BCUT2D eigenvalue weighted by Gasteiger charge is 2.54. The number of nitrogens with one attached hydrogen (secondary N) is 1. The van der Waals surface area contributed by atoms with Crippen molar-refractivity contribution in [2.24, 2.45) is 7.05 Å². The van der Waals surface area contributed by atoms with Gasteiger partial charge in [-0.25, -0.2) is 13.9 Å². The zero-order chi connectivity index (χ0) is 21.4. The van der Waals surface area contributed by atoms with Crippen molar-refractivity contribution in [1.82, 2.24) is 30.4 Å². The van der Waals surface area contributed by atoms with Gasteiger partial charge in [0.2, 0.25) is 5.16 Å². The van der Waals surface area contributed by atoms with Crippen LogP contribution in [0.25, 0.3) is 0 Å². The molecule has 4 rings (SSSR count). The summed E-state index contributed by atoms with van der Waals surface area (Å²) in [5, 5.41) is 23.4. The zero-order valence-corrected chi connectivity index (χ0v) is 17.1. The van der Waals surface area contributed by atoms with Crippen LogP contribution in [0.3, 0.4) is 0 Å². The van der Waals surface area contributed by atoms with E-state index in [4.69, 9.17) is 0 Å². The lowest BCUT2D eigenvalue weighted by molar-refractivity contribution is -0.148. The van der Waals surface area contributed by atoms with Gasteiger partial charge in [0.15, 0.2) is 0 Å². The van der Waals surface area contributed by atoms with Gasteiger partial charge in [-0.3, -0.25) is 14.5 Å². The van der Waals surface area contributed by atoms with Gasteiger partial charge in [-0.15, -0.1) is 16.9 Å². The summed E-state index contributed by atoms with van der Waals surface area (Å²) in [6.07, 6.45) is 0. The first-order valence-electron chi connectivity index (χ1n) is 8.68. The van der Waals surface area contributed by atoms with E-state index < -0.39 is 35.0 Å². The van der Waals surface area contributed by atoms with Crippen LogP contribution in [0.1, 0.15) is 10.4 Å². The summed E-state index contributed by atoms with van der Waals surface area (Å²) in [4.78, 5) is 38.1. The van der Waals surface area contributed by atoms with E-state index in [1.165, 1.54) is 51.3 Å². The standard InChI is InChI=1S/C17H15FN6O4S2/c1-23-17(20-21-22-23)30-7-9-6-29-15-11(14(26)24(15)12(9)16(27)28)19-13(25)8-3-2-4-10(18)5-8/h2-5,11,15H,6-7H2,1H3,(H,19,25)(H,27,28). The molecule has 2 amide bonds. The van der Waals surface area contributed by atoms with Crippen LogP contribution >= 0.6 is 23.5 Å². The summed E-state index contributed by atoms with van der Waals surface area (Å²) >= 11 is 2.63. The number of aryl methyl sites for hydroxylation is 1. The molecule has 2 aromatic rings. The number of hydrogen-bond acceptors (Lipinski definition) is 8. The number of tetrazole rings is 1. The number of carboxylic acids is 1. The van der Waals surface area contributed by atoms with Gasteiger partial charge in [-0.05, 0) is 34.2 Å².